The van der Waals surface area contributed by atoms with Gasteiger partial charge in [-0.05, 0) is 38.2 Å². The molecule has 0 saturated carbocycles. The third kappa shape index (κ3) is 4.06. The molecule has 0 spiro atoms. The van der Waals surface area contributed by atoms with Crippen LogP contribution in [0, 0.1) is 0 Å². The van der Waals surface area contributed by atoms with Crippen LogP contribution in [0.25, 0.3) is 0 Å². The predicted molar refractivity (Wildman–Crippen MR) is 81.0 cm³/mol. The Labute approximate surface area is 120 Å². The molecular weight excluding hydrogens is 260 g/mol. The van der Waals surface area contributed by atoms with Crippen molar-refractivity contribution in [2.24, 2.45) is 0 Å². The molecule has 1 saturated heterocycles. The molecular formula is C14H23ClN4. The number of pyridine rings is 1. The van der Waals surface area contributed by atoms with Gasteiger partial charge in [0.15, 0.2) is 0 Å². The highest BCUT2D eigenvalue weighted by atomic mass is 35.5. The van der Waals surface area contributed by atoms with Crippen LogP contribution in [0.15, 0.2) is 12.3 Å². The minimum absolute atomic E-state index is 0.764. The fourth-order valence-electron chi connectivity index (χ4n) is 2.33. The molecule has 19 heavy (non-hydrogen) atoms. The molecule has 1 fully saturated rings. The lowest BCUT2D eigenvalue weighted by molar-refractivity contribution is 0.360. The summed E-state index contributed by atoms with van der Waals surface area (Å²) in [5, 5.41) is 4.05. The first kappa shape index (κ1) is 14.6. The van der Waals surface area contributed by atoms with E-state index < -0.39 is 0 Å². The van der Waals surface area contributed by atoms with Crippen LogP contribution in [0.2, 0.25) is 5.02 Å². The number of aromatic nitrogens is 1. The van der Waals surface area contributed by atoms with Crippen molar-refractivity contribution >= 4 is 17.4 Å². The molecule has 0 unspecified atom stereocenters. The third-order valence-electron chi connectivity index (χ3n) is 3.48. The number of rotatable bonds is 4. The van der Waals surface area contributed by atoms with E-state index in [-0.39, 0.29) is 0 Å². The van der Waals surface area contributed by atoms with E-state index in [4.69, 9.17) is 11.6 Å². The summed E-state index contributed by atoms with van der Waals surface area (Å²) in [6.45, 7) is 8.12. The molecule has 1 aliphatic heterocycles. The van der Waals surface area contributed by atoms with Crippen LogP contribution in [-0.2, 0) is 6.54 Å². The lowest BCUT2D eigenvalue weighted by Crippen LogP contribution is -2.29. The summed E-state index contributed by atoms with van der Waals surface area (Å²) in [5.41, 5.74) is 1.14. The summed E-state index contributed by atoms with van der Waals surface area (Å²) in [5.74, 6) is 0.928. The lowest BCUT2D eigenvalue weighted by Gasteiger charge is -2.23. The number of hydrogen-bond acceptors (Lipinski definition) is 4. The van der Waals surface area contributed by atoms with E-state index in [0.29, 0.717) is 0 Å². The highest BCUT2D eigenvalue weighted by Gasteiger charge is 2.16. The van der Waals surface area contributed by atoms with Crippen molar-refractivity contribution in [3.63, 3.8) is 0 Å². The summed E-state index contributed by atoms with van der Waals surface area (Å²) < 4.78 is 0. The standard InChI is InChI=1S/C14H23ClN4/c1-3-16-10-12-9-13(15)14(17-11-12)19-6-4-5-18(2)7-8-19/h9,11,16H,3-8,10H2,1-2H3. The summed E-state index contributed by atoms with van der Waals surface area (Å²) in [6.07, 6.45) is 3.09. The smallest absolute Gasteiger partial charge is 0.147 e. The fourth-order valence-corrected chi connectivity index (χ4v) is 2.64. The number of likely N-dealkylation sites (N-methyl/N-ethyl adjacent to an activating group) is 1. The van der Waals surface area contributed by atoms with Gasteiger partial charge >= 0.3 is 0 Å². The van der Waals surface area contributed by atoms with Gasteiger partial charge < -0.3 is 15.1 Å². The van der Waals surface area contributed by atoms with Crippen LogP contribution in [0.3, 0.4) is 0 Å². The highest BCUT2D eigenvalue weighted by Crippen LogP contribution is 2.25. The van der Waals surface area contributed by atoms with Crippen LogP contribution < -0.4 is 10.2 Å². The molecule has 2 rings (SSSR count). The van der Waals surface area contributed by atoms with Gasteiger partial charge in [-0.3, -0.25) is 0 Å². The Kier molecular flexibility index (Phi) is 5.43. The zero-order valence-corrected chi connectivity index (χ0v) is 12.6. The first-order valence-corrected chi connectivity index (χ1v) is 7.37. The van der Waals surface area contributed by atoms with E-state index in [9.17, 15) is 0 Å². The predicted octanol–water partition coefficient (Wildman–Crippen LogP) is 1.99. The van der Waals surface area contributed by atoms with Crippen molar-refractivity contribution in [1.29, 1.82) is 0 Å². The number of hydrogen-bond donors (Lipinski definition) is 1. The SMILES string of the molecule is CCNCc1cnc(N2CCCN(C)CC2)c(Cl)c1. The highest BCUT2D eigenvalue weighted by molar-refractivity contribution is 6.33. The molecule has 0 aliphatic carbocycles. The second kappa shape index (κ2) is 7.08. The number of nitrogens with zero attached hydrogens (tertiary/aromatic N) is 3. The van der Waals surface area contributed by atoms with E-state index in [2.05, 4.69) is 34.1 Å². The fraction of sp³-hybridized carbons (Fsp3) is 0.643. The quantitative estimate of drug-likeness (QED) is 0.915. The third-order valence-corrected chi connectivity index (χ3v) is 3.75. The minimum Gasteiger partial charge on any atom is -0.354 e. The number of halogens is 1. The Morgan fingerprint density at radius 3 is 2.89 bits per heavy atom. The molecule has 1 aromatic heterocycles. The van der Waals surface area contributed by atoms with E-state index >= 15 is 0 Å². The second-order valence-electron chi connectivity index (χ2n) is 5.07. The maximum Gasteiger partial charge on any atom is 0.147 e. The molecule has 1 aliphatic rings. The molecule has 0 atom stereocenters. The first-order valence-electron chi connectivity index (χ1n) is 6.99. The van der Waals surface area contributed by atoms with Crippen molar-refractivity contribution in [3.05, 3.63) is 22.8 Å². The van der Waals surface area contributed by atoms with Crippen LogP contribution in [-0.4, -0.2) is 49.7 Å². The van der Waals surface area contributed by atoms with Gasteiger partial charge in [-0.15, -0.1) is 0 Å². The van der Waals surface area contributed by atoms with Crippen LogP contribution >= 0.6 is 11.6 Å². The van der Waals surface area contributed by atoms with Crippen molar-refractivity contribution in [2.45, 2.75) is 19.9 Å². The van der Waals surface area contributed by atoms with Crippen molar-refractivity contribution in [2.75, 3.05) is 44.7 Å². The topological polar surface area (TPSA) is 31.4 Å². The molecule has 4 nitrogen and oxygen atoms in total. The average Bonchev–Trinajstić information content (AvgIpc) is 2.61. The van der Waals surface area contributed by atoms with Gasteiger partial charge in [0.05, 0.1) is 5.02 Å². The van der Waals surface area contributed by atoms with Crippen molar-refractivity contribution in [3.8, 4) is 0 Å². The normalized spacial score (nSPS) is 17.5. The molecule has 1 N–H and O–H groups in total. The maximum atomic E-state index is 6.39. The van der Waals surface area contributed by atoms with E-state index in [1.807, 2.05) is 12.3 Å². The number of anilines is 1. The van der Waals surface area contributed by atoms with E-state index in [1.165, 1.54) is 0 Å². The van der Waals surface area contributed by atoms with Crippen molar-refractivity contribution < 1.29 is 0 Å². The molecule has 0 radical (unpaired) electrons. The van der Waals surface area contributed by atoms with Gasteiger partial charge in [0.1, 0.15) is 5.82 Å². The molecule has 0 amide bonds. The number of nitrogens with one attached hydrogen (secondary N) is 1. The van der Waals surface area contributed by atoms with Gasteiger partial charge in [0.25, 0.3) is 0 Å². The summed E-state index contributed by atoms with van der Waals surface area (Å²) in [4.78, 5) is 9.21. The van der Waals surface area contributed by atoms with Gasteiger partial charge in [0, 0.05) is 32.4 Å². The molecule has 2 heterocycles. The second-order valence-corrected chi connectivity index (χ2v) is 5.48. The molecule has 0 bridgehead atoms. The lowest BCUT2D eigenvalue weighted by atomic mass is 10.2. The largest absolute Gasteiger partial charge is 0.354 e. The van der Waals surface area contributed by atoms with Gasteiger partial charge in [-0.25, -0.2) is 4.98 Å². The van der Waals surface area contributed by atoms with Gasteiger partial charge in [0.2, 0.25) is 0 Å². The monoisotopic (exact) mass is 282 g/mol. The van der Waals surface area contributed by atoms with Gasteiger partial charge in [-0.2, -0.15) is 0 Å². The first-order chi connectivity index (χ1) is 9.20. The van der Waals surface area contributed by atoms with Crippen molar-refractivity contribution in [1.82, 2.24) is 15.2 Å². The Morgan fingerprint density at radius 1 is 1.32 bits per heavy atom. The minimum atomic E-state index is 0.764. The molecule has 1 aromatic rings. The van der Waals surface area contributed by atoms with Gasteiger partial charge in [-0.1, -0.05) is 18.5 Å². The van der Waals surface area contributed by atoms with Crippen LogP contribution in [0.5, 0.6) is 0 Å². The average molecular weight is 283 g/mol. The Balaban J connectivity index is 2.07. The summed E-state index contributed by atoms with van der Waals surface area (Å²) in [6, 6.07) is 2.03. The van der Waals surface area contributed by atoms with Crippen LogP contribution in [0.4, 0.5) is 5.82 Å². The van der Waals surface area contributed by atoms with E-state index in [1.54, 1.807) is 0 Å². The maximum absolute atomic E-state index is 6.39. The Bertz CT molecular complexity index is 410. The van der Waals surface area contributed by atoms with Crippen LogP contribution in [0.1, 0.15) is 18.9 Å². The molecule has 5 heteroatoms. The zero-order chi connectivity index (χ0) is 13.7. The zero-order valence-electron chi connectivity index (χ0n) is 11.8. The summed E-state index contributed by atoms with van der Waals surface area (Å²) >= 11 is 6.39. The molecule has 0 aromatic carbocycles. The summed E-state index contributed by atoms with van der Waals surface area (Å²) in [7, 11) is 2.16. The van der Waals surface area contributed by atoms with E-state index in [0.717, 1.165) is 62.1 Å². The molecule has 106 valence electrons. The Morgan fingerprint density at radius 2 is 2.16 bits per heavy atom. The Hall–Kier alpha value is -0.840.